The van der Waals surface area contributed by atoms with Crippen molar-refractivity contribution in [3.05, 3.63) is 24.0 Å². The van der Waals surface area contributed by atoms with Crippen LogP contribution in [0, 0.1) is 11.8 Å². The van der Waals surface area contributed by atoms with E-state index in [-0.39, 0.29) is 0 Å². The van der Waals surface area contributed by atoms with Gasteiger partial charge in [0.25, 0.3) is 0 Å². The van der Waals surface area contributed by atoms with E-state index < -0.39 is 0 Å². The van der Waals surface area contributed by atoms with Gasteiger partial charge in [0.15, 0.2) is 0 Å². The van der Waals surface area contributed by atoms with Crippen LogP contribution in [-0.4, -0.2) is 24.6 Å². The van der Waals surface area contributed by atoms with Gasteiger partial charge in [-0.25, -0.2) is 0 Å². The number of anilines is 1. The number of rotatable bonds is 5. The van der Waals surface area contributed by atoms with E-state index in [0.717, 1.165) is 19.0 Å². The number of piperidine rings is 1. The topological polar surface area (TPSA) is 28.2 Å². The Morgan fingerprint density at radius 1 is 1.37 bits per heavy atom. The molecule has 0 aliphatic carbocycles. The second-order valence-corrected chi connectivity index (χ2v) is 6.20. The highest BCUT2D eigenvalue weighted by Gasteiger charge is 2.18. The average molecular weight is 261 g/mol. The summed E-state index contributed by atoms with van der Waals surface area (Å²) in [5, 5.41) is 3.52. The van der Waals surface area contributed by atoms with Crippen molar-refractivity contribution in [2.24, 2.45) is 11.8 Å². The Hall–Kier alpha value is -1.09. The van der Waals surface area contributed by atoms with Crippen LogP contribution in [0.1, 0.15) is 39.2 Å². The van der Waals surface area contributed by atoms with Gasteiger partial charge in [0.2, 0.25) is 0 Å². The molecule has 1 saturated heterocycles. The normalized spacial score (nSPS) is 17.2. The molecule has 0 aromatic carbocycles. The molecule has 3 heteroatoms. The predicted molar refractivity (Wildman–Crippen MR) is 81.4 cm³/mol. The largest absolute Gasteiger partial charge is 0.371 e. The standard InChI is InChI=1S/C16H27N3/c1-13(2)10-18-12-15-11-17-7-4-16(15)19-8-5-14(3)6-9-19/h4,7,11,13-14,18H,5-6,8-10,12H2,1-3H3. The van der Waals surface area contributed by atoms with E-state index in [1.807, 2.05) is 12.4 Å². The number of nitrogens with one attached hydrogen (secondary N) is 1. The second kappa shape index (κ2) is 6.90. The van der Waals surface area contributed by atoms with Crippen LogP contribution in [-0.2, 0) is 6.54 Å². The van der Waals surface area contributed by atoms with Crippen LogP contribution in [0.5, 0.6) is 0 Å². The molecule has 1 N–H and O–H groups in total. The van der Waals surface area contributed by atoms with Crippen LogP contribution in [0.3, 0.4) is 0 Å². The number of aromatic nitrogens is 1. The predicted octanol–water partition coefficient (Wildman–Crippen LogP) is 3.06. The first kappa shape index (κ1) is 14.3. The highest BCUT2D eigenvalue weighted by Crippen LogP contribution is 2.25. The fourth-order valence-corrected chi connectivity index (χ4v) is 2.61. The molecule has 0 saturated carbocycles. The molecular formula is C16H27N3. The molecule has 0 unspecified atom stereocenters. The molecule has 1 aromatic heterocycles. The summed E-state index contributed by atoms with van der Waals surface area (Å²) in [5.74, 6) is 1.57. The molecule has 106 valence electrons. The summed E-state index contributed by atoms with van der Waals surface area (Å²) in [4.78, 5) is 6.81. The highest BCUT2D eigenvalue weighted by molar-refractivity contribution is 5.52. The summed E-state index contributed by atoms with van der Waals surface area (Å²) in [5.41, 5.74) is 2.70. The molecular weight excluding hydrogens is 234 g/mol. The molecule has 0 radical (unpaired) electrons. The van der Waals surface area contributed by atoms with Crippen LogP contribution in [0.25, 0.3) is 0 Å². The molecule has 2 rings (SSSR count). The van der Waals surface area contributed by atoms with Gasteiger partial charge in [0, 0.05) is 43.3 Å². The lowest BCUT2D eigenvalue weighted by Crippen LogP contribution is -2.34. The summed E-state index contributed by atoms with van der Waals surface area (Å²) >= 11 is 0. The summed E-state index contributed by atoms with van der Waals surface area (Å²) in [6.45, 7) is 11.2. The fraction of sp³-hybridized carbons (Fsp3) is 0.688. The minimum atomic E-state index is 0.691. The molecule has 0 atom stereocenters. The van der Waals surface area contributed by atoms with E-state index in [1.165, 1.54) is 37.2 Å². The van der Waals surface area contributed by atoms with Gasteiger partial charge in [-0.3, -0.25) is 4.98 Å². The first-order chi connectivity index (χ1) is 9.16. The Kier molecular flexibility index (Phi) is 5.20. The van der Waals surface area contributed by atoms with Gasteiger partial charge in [-0.05, 0) is 37.3 Å². The second-order valence-electron chi connectivity index (χ2n) is 6.20. The maximum absolute atomic E-state index is 4.29. The van der Waals surface area contributed by atoms with Gasteiger partial charge < -0.3 is 10.2 Å². The monoisotopic (exact) mass is 261 g/mol. The Labute approximate surface area is 117 Å². The van der Waals surface area contributed by atoms with Crippen molar-refractivity contribution >= 4 is 5.69 Å². The van der Waals surface area contributed by atoms with Gasteiger partial charge in [-0.15, -0.1) is 0 Å². The lowest BCUT2D eigenvalue weighted by molar-refractivity contribution is 0.437. The first-order valence-electron chi connectivity index (χ1n) is 7.55. The third-order valence-corrected chi connectivity index (χ3v) is 3.87. The Balaban J connectivity index is 1.99. The fourth-order valence-electron chi connectivity index (χ4n) is 2.61. The number of hydrogen-bond acceptors (Lipinski definition) is 3. The van der Waals surface area contributed by atoms with Crippen molar-refractivity contribution in [3.8, 4) is 0 Å². The zero-order valence-electron chi connectivity index (χ0n) is 12.5. The van der Waals surface area contributed by atoms with Crippen LogP contribution >= 0.6 is 0 Å². The average Bonchev–Trinajstić information content (AvgIpc) is 2.40. The maximum atomic E-state index is 4.29. The van der Waals surface area contributed by atoms with E-state index in [9.17, 15) is 0 Å². The van der Waals surface area contributed by atoms with Crippen molar-refractivity contribution in [2.75, 3.05) is 24.5 Å². The molecule has 0 spiro atoms. The number of nitrogens with zero attached hydrogens (tertiary/aromatic N) is 2. The molecule has 1 fully saturated rings. The van der Waals surface area contributed by atoms with Gasteiger partial charge in [0.05, 0.1) is 0 Å². The van der Waals surface area contributed by atoms with E-state index in [2.05, 4.69) is 42.0 Å². The molecule has 1 aliphatic heterocycles. The number of hydrogen-bond donors (Lipinski definition) is 1. The Bertz CT molecular complexity index is 381. The Morgan fingerprint density at radius 2 is 2.11 bits per heavy atom. The van der Waals surface area contributed by atoms with Gasteiger partial charge in [-0.1, -0.05) is 20.8 Å². The summed E-state index contributed by atoms with van der Waals surface area (Å²) < 4.78 is 0. The van der Waals surface area contributed by atoms with E-state index in [1.54, 1.807) is 0 Å². The van der Waals surface area contributed by atoms with Crippen LogP contribution in [0.4, 0.5) is 5.69 Å². The van der Waals surface area contributed by atoms with Crippen LogP contribution in [0.15, 0.2) is 18.5 Å². The lowest BCUT2D eigenvalue weighted by Gasteiger charge is -2.33. The summed E-state index contributed by atoms with van der Waals surface area (Å²) in [7, 11) is 0. The van der Waals surface area contributed by atoms with Crippen molar-refractivity contribution in [1.82, 2.24) is 10.3 Å². The third kappa shape index (κ3) is 4.20. The van der Waals surface area contributed by atoms with Gasteiger partial charge >= 0.3 is 0 Å². The van der Waals surface area contributed by atoms with Crippen molar-refractivity contribution in [2.45, 2.75) is 40.2 Å². The molecule has 3 nitrogen and oxygen atoms in total. The van der Waals surface area contributed by atoms with Crippen molar-refractivity contribution in [1.29, 1.82) is 0 Å². The van der Waals surface area contributed by atoms with E-state index >= 15 is 0 Å². The third-order valence-electron chi connectivity index (χ3n) is 3.87. The van der Waals surface area contributed by atoms with Gasteiger partial charge in [-0.2, -0.15) is 0 Å². The Morgan fingerprint density at radius 3 is 2.79 bits per heavy atom. The van der Waals surface area contributed by atoms with Crippen LogP contribution in [0.2, 0.25) is 0 Å². The molecule has 1 aromatic rings. The molecule has 0 bridgehead atoms. The first-order valence-corrected chi connectivity index (χ1v) is 7.55. The maximum Gasteiger partial charge on any atom is 0.0442 e. The number of pyridine rings is 1. The minimum absolute atomic E-state index is 0.691. The van der Waals surface area contributed by atoms with Gasteiger partial charge in [0.1, 0.15) is 0 Å². The smallest absolute Gasteiger partial charge is 0.0442 e. The summed E-state index contributed by atoms with van der Waals surface area (Å²) in [6, 6.07) is 2.17. The minimum Gasteiger partial charge on any atom is -0.371 e. The zero-order valence-corrected chi connectivity index (χ0v) is 12.5. The zero-order chi connectivity index (χ0) is 13.7. The SMILES string of the molecule is CC(C)CNCc1cnccc1N1CCC(C)CC1. The highest BCUT2D eigenvalue weighted by atomic mass is 15.1. The summed E-state index contributed by atoms with van der Waals surface area (Å²) in [6.07, 6.45) is 6.54. The molecule has 19 heavy (non-hydrogen) atoms. The van der Waals surface area contributed by atoms with Crippen LogP contribution < -0.4 is 10.2 Å². The van der Waals surface area contributed by atoms with Crippen molar-refractivity contribution in [3.63, 3.8) is 0 Å². The molecule has 2 heterocycles. The van der Waals surface area contributed by atoms with E-state index in [4.69, 9.17) is 0 Å². The lowest BCUT2D eigenvalue weighted by atomic mass is 9.98. The van der Waals surface area contributed by atoms with Crippen molar-refractivity contribution < 1.29 is 0 Å². The van der Waals surface area contributed by atoms with E-state index in [0.29, 0.717) is 5.92 Å². The molecule has 0 amide bonds. The molecule has 1 aliphatic rings. The quantitative estimate of drug-likeness (QED) is 0.883.